The summed E-state index contributed by atoms with van der Waals surface area (Å²) in [6.07, 6.45) is 5.17. The molecule has 3 heteroatoms. The van der Waals surface area contributed by atoms with Gasteiger partial charge in [0.05, 0.1) is 17.1 Å². The molecule has 3 nitrogen and oxygen atoms in total. The van der Waals surface area contributed by atoms with Crippen molar-refractivity contribution in [2.75, 3.05) is 4.90 Å². The van der Waals surface area contributed by atoms with Crippen LogP contribution in [0.2, 0.25) is 0 Å². The van der Waals surface area contributed by atoms with Crippen LogP contribution < -0.4 is 4.90 Å². The van der Waals surface area contributed by atoms with Crippen molar-refractivity contribution in [3.8, 4) is 0 Å². The number of carbonyl (C=O) groups excluding carboxylic acids is 1. The van der Waals surface area contributed by atoms with Gasteiger partial charge in [-0.3, -0.25) is 9.78 Å². The van der Waals surface area contributed by atoms with Crippen LogP contribution in [-0.2, 0) is 4.79 Å². The average molecular weight is 266 g/mol. The maximum absolute atomic E-state index is 12.4. The second-order valence-corrected chi connectivity index (χ2v) is 6.15. The summed E-state index contributed by atoms with van der Waals surface area (Å²) >= 11 is 0. The lowest BCUT2D eigenvalue weighted by molar-refractivity contribution is -0.132. The van der Waals surface area contributed by atoms with Gasteiger partial charge in [0.1, 0.15) is 0 Å². The Bertz CT molecular complexity index is 676. The van der Waals surface area contributed by atoms with E-state index in [0.29, 0.717) is 11.9 Å². The highest BCUT2D eigenvalue weighted by Crippen LogP contribution is 2.44. The van der Waals surface area contributed by atoms with Crippen molar-refractivity contribution in [1.29, 1.82) is 0 Å². The molecule has 0 N–H and O–H groups in total. The zero-order valence-corrected chi connectivity index (χ0v) is 11.6. The number of nitrogens with zero attached hydrogens (tertiary/aromatic N) is 2. The first-order chi connectivity index (χ1) is 9.75. The third-order valence-corrected chi connectivity index (χ3v) is 4.84. The minimum atomic E-state index is 0.255. The fourth-order valence-electron chi connectivity index (χ4n) is 3.76. The van der Waals surface area contributed by atoms with E-state index in [1.807, 2.05) is 23.1 Å². The Kier molecular flexibility index (Phi) is 2.56. The van der Waals surface area contributed by atoms with Gasteiger partial charge in [0.25, 0.3) is 0 Å². The summed E-state index contributed by atoms with van der Waals surface area (Å²) in [5.41, 5.74) is 1.93. The lowest BCUT2D eigenvalue weighted by Crippen LogP contribution is -2.63. The number of fused-ring (bicyclic) bond motifs is 2. The van der Waals surface area contributed by atoms with Crippen LogP contribution in [0.5, 0.6) is 0 Å². The molecule has 4 rings (SSSR count). The van der Waals surface area contributed by atoms with Gasteiger partial charge in [-0.05, 0) is 37.3 Å². The van der Waals surface area contributed by atoms with E-state index in [9.17, 15) is 4.79 Å². The van der Waals surface area contributed by atoms with Crippen molar-refractivity contribution in [3.63, 3.8) is 0 Å². The van der Waals surface area contributed by atoms with E-state index in [1.54, 1.807) is 6.20 Å². The van der Waals surface area contributed by atoms with Crippen molar-refractivity contribution in [2.45, 2.75) is 32.2 Å². The number of β-lactam (4-membered cyclic amide) rings is 1. The van der Waals surface area contributed by atoms with E-state index in [4.69, 9.17) is 0 Å². The first kappa shape index (κ1) is 11.9. The summed E-state index contributed by atoms with van der Waals surface area (Å²) in [4.78, 5) is 18.9. The standard InChI is InChI=1S/C17H18N2O/c1-11-7-8-13-15(10-11)19(17(13)20)14-6-2-4-12-5-3-9-18-16(12)14/h2-6,9,11,13,15H,7-8,10H2,1H3/t11?,13-,15+/m0/s1. The van der Waals surface area contributed by atoms with E-state index in [2.05, 4.69) is 24.0 Å². The number of carbonyl (C=O) groups is 1. The number of amides is 1. The van der Waals surface area contributed by atoms with Crippen LogP contribution in [0.25, 0.3) is 10.9 Å². The van der Waals surface area contributed by atoms with Gasteiger partial charge in [-0.1, -0.05) is 25.1 Å². The molecule has 1 aromatic carbocycles. The van der Waals surface area contributed by atoms with Crippen LogP contribution in [0.3, 0.4) is 0 Å². The van der Waals surface area contributed by atoms with Crippen LogP contribution >= 0.6 is 0 Å². The fraction of sp³-hybridized carbons (Fsp3) is 0.412. The van der Waals surface area contributed by atoms with Crippen LogP contribution in [-0.4, -0.2) is 16.9 Å². The Labute approximate surface area is 118 Å². The molecule has 2 heterocycles. The Morgan fingerprint density at radius 2 is 2.05 bits per heavy atom. The van der Waals surface area contributed by atoms with Crippen molar-refractivity contribution in [3.05, 3.63) is 36.5 Å². The molecule has 1 unspecified atom stereocenters. The van der Waals surface area contributed by atoms with Crippen molar-refractivity contribution >= 4 is 22.5 Å². The van der Waals surface area contributed by atoms with Gasteiger partial charge in [0.15, 0.2) is 0 Å². The SMILES string of the molecule is CC1CC[C@@H]2C(=O)N(c3cccc4cccnc34)[C@@H]2C1. The van der Waals surface area contributed by atoms with Crippen LogP contribution in [0.1, 0.15) is 26.2 Å². The van der Waals surface area contributed by atoms with E-state index >= 15 is 0 Å². The molecule has 0 radical (unpaired) electrons. The fourth-order valence-corrected chi connectivity index (χ4v) is 3.76. The quantitative estimate of drug-likeness (QED) is 0.741. The van der Waals surface area contributed by atoms with Gasteiger partial charge >= 0.3 is 0 Å². The van der Waals surface area contributed by atoms with Gasteiger partial charge in [-0.15, -0.1) is 0 Å². The molecule has 1 aliphatic heterocycles. The van der Waals surface area contributed by atoms with Crippen LogP contribution in [0, 0.1) is 11.8 Å². The lowest BCUT2D eigenvalue weighted by Gasteiger charge is -2.51. The van der Waals surface area contributed by atoms with Gasteiger partial charge in [-0.25, -0.2) is 0 Å². The minimum absolute atomic E-state index is 0.255. The van der Waals surface area contributed by atoms with E-state index < -0.39 is 0 Å². The Morgan fingerprint density at radius 3 is 2.95 bits per heavy atom. The van der Waals surface area contributed by atoms with Gasteiger partial charge in [-0.2, -0.15) is 0 Å². The monoisotopic (exact) mass is 266 g/mol. The lowest BCUT2D eigenvalue weighted by atomic mass is 9.72. The minimum Gasteiger partial charge on any atom is -0.306 e. The number of pyridine rings is 1. The molecule has 1 saturated carbocycles. The highest BCUT2D eigenvalue weighted by molar-refractivity contribution is 6.08. The summed E-state index contributed by atoms with van der Waals surface area (Å²) in [7, 11) is 0. The molecular weight excluding hydrogens is 248 g/mol. The van der Waals surface area contributed by atoms with Gasteiger partial charge in [0.2, 0.25) is 5.91 Å². The molecule has 2 aromatic rings. The number of rotatable bonds is 1. The number of para-hydroxylation sites is 1. The predicted molar refractivity (Wildman–Crippen MR) is 79.5 cm³/mol. The molecule has 1 saturated heterocycles. The second kappa shape index (κ2) is 4.30. The highest BCUT2D eigenvalue weighted by Gasteiger charge is 2.50. The topological polar surface area (TPSA) is 33.2 Å². The number of hydrogen-bond acceptors (Lipinski definition) is 2. The normalized spacial score (nSPS) is 29.1. The summed E-state index contributed by atoms with van der Waals surface area (Å²) in [5.74, 6) is 1.26. The Balaban J connectivity index is 1.78. The third kappa shape index (κ3) is 1.59. The average Bonchev–Trinajstić information content (AvgIpc) is 2.47. The largest absolute Gasteiger partial charge is 0.306 e. The Hall–Kier alpha value is -1.90. The summed E-state index contributed by atoms with van der Waals surface area (Å²) in [5, 5.41) is 1.10. The van der Waals surface area contributed by atoms with Crippen molar-refractivity contribution < 1.29 is 4.79 Å². The molecule has 0 bridgehead atoms. The zero-order chi connectivity index (χ0) is 13.7. The van der Waals surface area contributed by atoms with Crippen LogP contribution in [0.15, 0.2) is 36.5 Å². The molecule has 1 aliphatic carbocycles. The summed E-state index contributed by atoms with van der Waals surface area (Å²) < 4.78 is 0. The van der Waals surface area contributed by atoms with Gasteiger partial charge < -0.3 is 4.90 Å². The number of benzene rings is 1. The first-order valence-electron chi connectivity index (χ1n) is 7.42. The molecular formula is C17H18N2O. The molecule has 102 valence electrons. The number of aromatic nitrogens is 1. The van der Waals surface area contributed by atoms with Crippen molar-refractivity contribution in [2.24, 2.45) is 11.8 Å². The first-order valence-corrected chi connectivity index (χ1v) is 7.42. The highest BCUT2D eigenvalue weighted by atomic mass is 16.2. The zero-order valence-electron chi connectivity index (χ0n) is 11.6. The van der Waals surface area contributed by atoms with Crippen LogP contribution in [0.4, 0.5) is 5.69 Å². The molecule has 3 atom stereocenters. The second-order valence-electron chi connectivity index (χ2n) is 6.15. The number of hydrogen-bond donors (Lipinski definition) is 0. The van der Waals surface area contributed by atoms with E-state index in [1.165, 1.54) is 6.42 Å². The molecule has 20 heavy (non-hydrogen) atoms. The Morgan fingerprint density at radius 1 is 1.20 bits per heavy atom. The molecule has 2 fully saturated rings. The molecule has 1 amide bonds. The predicted octanol–water partition coefficient (Wildman–Crippen LogP) is 3.39. The summed E-state index contributed by atoms with van der Waals surface area (Å²) in [6, 6.07) is 10.5. The third-order valence-electron chi connectivity index (χ3n) is 4.84. The maximum atomic E-state index is 12.4. The van der Waals surface area contributed by atoms with Gasteiger partial charge in [0, 0.05) is 17.6 Å². The molecule has 0 spiro atoms. The smallest absolute Gasteiger partial charge is 0.232 e. The maximum Gasteiger partial charge on any atom is 0.232 e. The number of anilines is 1. The van der Waals surface area contributed by atoms with E-state index in [-0.39, 0.29) is 5.92 Å². The van der Waals surface area contributed by atoms with E-state index in [0.717, 1.165) is 35.3 Å². The van der Waals surface area contributed by atoms with Crippen molar-refractivity contribution in [1.82, 2.24) is 4.98 Å². The summed E-state index contributed by atoms with van der Waals surface area (Å²) in [6.45, 7) is 2.29. The molecule has 1 aromatic heterocycles. The molecule has 2 aliphatic rings.